The third-order valence-electron chi connectivity index (χ3n) is 0.210. The number of rotatable bonds is 2. The van der Waals surface area contributed by atoms with Gasteiger partial charge in [0, 0.05) is 0 Å². The van der Waals surface area contributed by atoms with Crippen LogP contribution < -0.4 is 78.7 Å². The summed E-state index contributed by atoms with van der Waals surface area (Å²) in [4.78, 5) is 140. The Bertz CT molecular complexity index is 682. The normalized spacial score (nSPS) is 10.2. The van der Waals surface area contributed by atoms with E-state index in [1.165, 1.54) is 0 Å². The first kappa shape index (κ1) is 119. The minimum Gasteiger partial charge on any atom is -0.756 e. The molecule has 0 saturated carbocycles. The zero-order chi connectivity index (χ0) is 30.2. The van der Waals surface area contributed by atoms with Crippen molar-refractivity contribution in [3.05, 3.63) is 0 Å². The molecule has 0 spiro atoms. The van der Waals surface area contributed by atoms with Gasteiger partial charge in [0.1, 0.15) is 0 Å². The van der Waals surface area contributed by atoms with Gasteiger partial charge in [-0.25, -0.2) is 31.7 Å². The van der Waals surface area contributed by atoms with E-state index in [1.54, 1.807) is 0 Å². The van der Waals surface area contributed by atoms with Crippen LogP contribution in [0.25, 0.3) is 0 Å². The molecular formula is H55N12O27P7. The Morgan fingerprint density at radius 2 is 0.370 bits per heavy atom. The lowest BCUT2D eigenvalue weighted by atomic mass is 14.0. The second-order valence-electron chi connectivity index (χ2n) is 3.61. The van der Waals surface area contributed by atoms with Crippen LogP contribution in [0.5, 0.6) is 0 Å². The van der Waals surface area contributed by atoms with Crippen molar-refractivity contribution in [2.75, 3.05) is 0 Å². The molecule has 0 rings (SSSR count). The van der Waals surface area contributed by atoms with Crippen molar-refractivity contribution in [3.8, 4) is 0 Å². The minimum absolute atomic E-state index is 0. The fraction of sp³-hybridized carbons (Fsp3) is 0. The molecule has 312 valence electrons. The van der Waals surface area contributed by atoms with E-state index in [2.05, 4.69) is 4.31 Å². The topological polar surface area (TPSA) is 936 Å². The fourth-order valence-electron chi connectivity index (χ4n) is 0.134. The first-order valence-corrected chi connectivity index (χ1v) is 16.3. The van der Waals surface area contributed by atoms with Crippen LogP contribution in [-0.4, -0.2) is 88.1 Å². The van der Waals surface area contributed by atoms with E-state index < -0.39 is 54.8 Å². The lowest BCUT2D eigenvalue weighted by Gasteiger charge is -2.14. The highest BCUT2D eigenvalue weighted by Gasteiger charge is 2.20. The summed E-state index contributed by atoms with van der Waals surface area (Å²) in [5.74, 6) is 0. The maximum atomic E-state index is 9.59. The van der Waals surface area contributed by atoms with E-state index in [9.17, 15) is 14.0 Å². The Morgan fingerprint density at radius 3 is 0.370 bits per heavy atom. The van der Waals surface area contributed by atoms with Gasteiger partial charge in [0.25, 0.3) is 7.82 Å². The van der Waals surface area contributed by atoms with E-state index in [4.69, 9.17) is 111 Å². The Morgan fingerprint density at radius 1 is 0.304 bits per heavy atom. The molecule has 1 atom stereocenters. The molecule has 46 heavy (non-hydrogen) atoms. The molecule has 0 fully saturated rings. The quantitative estimate of drug-likeness (QED) is 0.117. The van der Waals surface area contributed by atoms with Crippen molar-refractivity contribution in [1.29, 1.82) is 0 Å². The van der Waals surface area contributed by atoms with Crippen molar-refractivity contribution >= 4 is 54.8 Å². The first-order valence-electron chi connectivity index (χ1n) is 5.43. The maximum absolute atomic E-state index is 9.59. The molecule has 0 aromatic heterocycles. The van der Waals surface area contributed by atoms with E-state index in [0.29, 0.717) is 0 Å². The summed E-state index contributed by atoms with van der Waals surface area (Å²) in [6, 6.07) is 0. The summed E-state index contributed by atoms with van der Waals surface area (Å²) >= 11 is 0. The summed E-state index contributed by atoms with van der Waals surface area (Å²) in [5.41, 5.74) is 0. The lowest BCUT2D eigenvalue weighted by molar-refractivity contribution is -0.212. The van der Waals surface area contributed by atoms with Crippen LogP contribution in [0.15, 0.2) is 0 Å². The molecule has 0 saturated heterocycles. The summed E-state index contributed by atoms with van der Waals surface area (Å²) in [6.45, 7) is 0. The van der Waals surface area contributed by atoms with Crippen molar-refractivity contribution in [2.24, 2.45) is 0 Å². The molecule has 0 bridgehead atoms. The third kappa shape index (κ3) is 2080. The van der Waals surface area contributed by atoms with E-state index in [0.717, 1.165) is 0 Å². The van der Waals surface area contributed by atoms with Gasteiger partial charge < -0.3 is 167 Å². The number of hydrogen-bond donors (Lipinski definition) is 30. The third-order valence-corrected chi connectivity index (χ3v) is 1.89. The molecule has 0 aromatic rings. The lowest BCUT2D eigenvalue weighted by Crippen LogP contribution is -2.01. The first-order chi connectivity index (χ1) is 13.7. The smallest absolute Gasteiger partial charge is 0.756 e. The molecule has 0 aromatic carbocycles. The van der Waals surface area contributed by atoms with Crippen LogP contribution in [0, 0.1) is 0 Å². The second-order valence-corrected chi connectivity index (χ2v) is 11.3. The zero-order valence-corrected chi connectivity index (χ0v) is 29.6. The molecule has 46 heteroatoms. The highest BCUT2D eigenvalue weighted by molar-refractivity contribution is 7.59. The molecule has 0 amide bonds. The highest BCUT2D eigenvalue weighted by Crippen LogP contribution is 2.51. The van der Waals surface area contributed by atoms with Gasteiger partial charge in [-0.2, -0.15) is 0 Å². The van der Waals surface area contributed by atoms with E-state index >= 15 is 0 Å². The number of phosphoric acid groups is 7. The molecule has 0 aliphatic rings. The molecule has 0 aliphatic carbocycles. The molecular weight excluding hydrogens is 817 g/mol. The van der Waals surface area contributed by atoms with Crippen LogP contribution in [0.1, 0.15) is 1.43 Å². The second kappa shape index (κ2) is 47.4. The summed E-state index contributed by atoms with van der Waals surface area (Å²) in [7, 11) is -33.6. The van der Waals surface area contributed by atoms with Crippen LogP contribution >= 0.6 is 54.8 Å². The predicted molar refractivity (Wildman–Crippen MR) is 156 cm³/mol. The predicted octanol–water partition coefficient (Wildman–Crippen LogP) is -4.03. The molecule has 39 nitrogen and oxygen atoms in total. The number of hydrogen-bond acceptors (Lipinski definition) is 21. The van der Waals surface area contributed by atoms with Gasteiger partial charge >= 0.3 is 48.4 Å². The maximum Gasteiger partial charge on any atom is 1.00 e. The van der Waals surface area contributed by atoms with Gasteiger partial charge in [-0.05, 0) is 0 Å². The van der Waals surface area contributed by atoms with Gasteiger partial charge in [0.2, 0.25) is 0 Å². The van der Waals surface area contributed by atoms with Gasteiger partial charge in [0.15, 0.2) is 0 Å². The highest BCUT2D eigenvalue weighted by atomic mass is 31.3. The van der Waals surface area contributed by atoms with Crippen LogP contribution in [0.3, 0.4) is 0 Å². The Labute approximate surface area is 260 Å². The SMILES string of the molecule is N.N.N.N.N.N.N.N.N.N.N.N.O=P(O)(O)O.O=P(O)(O)O.O=P(O)(O)O.O=P(O)(O)O.O=P(O)(O)O.O=P([O-])(O)OP(=O)(O)O.[H+]. The molecule has 0 heterocycles. The Hall–Kier alpha value is 0.330. The van der Waals surface area contributed by atoms with E-state index in [1.807, 2.05) is 0 Å². The Kier molecular flexibility index (Phi) is 122. The van der Waals surface area contributed by atoms with Crippen molar-refractivity contribution in [2.45, 2.75) is 0 Å². The standard InChI is InChI=1S/12H3N.H4O7P2.5H3O4P/c;;;;;;;;;;;;1-8(2,3)7-9(4,5)6;5*1-5(2,3)4/h12*1H3;(H2,1,2,3)(H2,4,5,6);5*(H3,1,2,3,4). The van der Waals surface area contributed by atoms with Gasteiger partial charge in [-0.15, -0.1) is 0 Å². The van der Waals surface area contributed by atoms with Crippen molar-refractivity contribution < 1.29 is 131 Å². The largest absolute Gasteiger partial charge is 1.00 e. The van der Waals surface area contributed by atoms with Crippen molar-refractivity contribution in [3.63, 3.8) is 0 Å². The molecule has 54 N–H and O–H groups in total. The van der Waals surface area contributed by atoms with Crippen LogP contribution in [-0.2, 0) is 36.3 Å². The molecule has 1 unspecified atom stereocenters. The monoisotopic (exact) mass is 872 g/mol. The summed E-state index contributed by atoms with van der Waals surface area (Å²) in [6.07, 6.45) is 0. The Balaban J connectivity index is -0.0000000113. The molecule has 0 aliphatic heterocycles. The van der Waals surface area contributed by atoms with Gasteiger partial charge in [-0.1, -0.05) is 0 Å². The fourth-order valence-corrected chi connectivity index (χ4v) is 1.21. The molecule has 0 radical (unpaired) electrons. The van der Waals surface area contributed by atoms with Crippen molar-refractivity contribution in [1.82, 2.24) is 73.8 Å². The van der Waals surface area contributed by atoms with Crippen LogP contribution in [0.4, 0.5) is 0 Å². The average molecular weight is 872 g/mol. The van der Waals surface area contributed by atoms with Gasteiger partial charge in [0.05, 0.1) is 0 Å². The minimum atomic E-state index is -5.30. The summed E-state index contributed by atoms with van der Waals surface area (Å²) in [5, 5.41) is 0. The average Bonchev–Trinajstić information content (AvgIpc) is 2.07. The van der Waals surface area contributed by atoms with Crippen LogP contribution in [0.2, 0.25) is 0 Å². The van der Waals surface area contributed by atoms with Gasteiger partial charge in [-0.3, -0.25) is 4.57 Å². The summed E-state index contributed by atoms with van der Waals surface area (Å²) < 4.78 is 66.4. The zero-order valence-electron chi connectivity index (χ0n) is 24.3. The van der Waals surface area contributed by atoms with E-state index in [-0.39, 0.29) is 75.2 Å².